The van der Waals surface area contributed by atoms with Gasteiger partial charge in [0.25, 0.3) is 0 Å². The molecule has 4 nitrogen and oxygen atoms in total. The van der Waals surface area contributed by atoms with E-state index >= 15 is 0 Å². The molecule has 2 aromatic carbocycles. The quantitative estimate of drug-likeness (QED) is 0.648. The Morgan fingerprint density at radius 3 is 2.50 bits per heavy atom. The molecule has 0 aliphatic carbocycles. The summed E-state index contributed by atoms with van der Waals surface area (Å²) in [5.74, 6) is 0. The molecule has 4 heteroatoms. The third-order valence-electron chi connectivity index (χ3n) is 2.46. The average molecular weight is 239 g/mol. The molecule has 0 aromatic heterocycles. The second-order valence-electron chi connectivity index (χ2n) is 3.68. The Balaban J connectivity index is 2.29. The zero-order valence-electron chi connectivity index (χ0n) is 10.00. The van der Waals surface area contributed by atoms with Gasteiger partial charge in [0.2, 0.25) is 0 Å². The molecule has 0 unspecified atom stereocenters. The predicted octanol–water partition coefficient (Wildman–Crippen LogP) is 3.96. The van der Waals surface area contributed by atoms with E-state index in [-0.39, 0.29) is 0 Å². The van der Waals surface area contributed by atoms with Gasteiger partial charge in [-0.2, -0.15) is 5.11 Å². The largest absolute Gasteiger partial charge is 0.386 e. The van der Waals surface area contributed by atoms with Gasteiger partial charge >= 0.3 is 0 Å². The molecular formula is C14H13N3O. The van der Waals surface area contributed by atoms with Gasteiger partial charge in [-0.25, -0.2) is 0 Å². The highest BCUT2D eigenvalue weighted by molar-refractivity contribution is 5.80. The molecule has 1 N–H and O–H groups in total. The minimum Gasteiger partial charge on any atom is -0.386 e. The molecular weight excluding hydrogens is 226 g/mol. The minimum absolute atomic E-state index is 0.609. The monoisotopic (exact) mass is 239 g/mol. The Hall–Kier alpha value is -2.49. The summed E-state index contributed by atoms with van der Waals surface area (Å²) in [5.41, 5.74) is 2.88. The van der Waals surface area contributed by atoms with Crippen LogP contribution in [0.2, 0.25) is 0 Å². The Bertz CT molecular complexity index is 565. The van der Waals surface area contributed by atoms with Crippen LogP contribution < -0.4 is 5.32 Å². The van der Waals surface area contributed by atoms with Crippen LogP contribution in [0, 0.1) is 0 Å². The van der Waals surface area contributed by atoms with E-state index in [1.807, 2.05) is 30.3 Å². The maximum atomic E-state index is 10.7. The molecule has 0 heterocycles. The third-order valence-corrected chi connectivity index (χ3v) is 2.46. The maximum absolute atomic E-state index is 10.7. The van der Waals surface area contributed by atoms with E-state index in [0.29, 0.717) is 11.3 Å². The van der Waals surface area contributed by atoms with Crippen LogP contribution in [0.15, 0.2) is 58.8 Å². The summed E-state index contributed by atoms with van der Waals surface area (Å²) < 4.78 is 0. The molecule has 0 fully saturated rings. The van der Waals surface area contributed by atoms with Gasteiger partial charge in [0.1, 0.15) is 12.0 Å². The summed E-state index contributed by atoms with van der Waals surface area (Å²) in [4.78, 5) is 10.7. The van der Waals surface area contributed by atoms with Gasteiger partial charge in [-0.1, -0.05) is 18.2 Å². The number of carbonyl (C=O) groups excluding carboxylic acids is 1. The number of anilines is 1. The zero-order valence-corrected chi connectivity index (χ0v) is 10.00. The first-order chi connectivity index (χ1) is 8.83. The second-order valence-corrected chi connectivity index (χ2v) is 3.68. The lowest BCUT2D eigenvalue weighted by molar-refractivity contribution is 0.112. The predicted molar refractivity (Wildman–Crippen MR) is 72.0 cm³/mol. The number of carbonyl (C=O) groups is 1. The van der Waals surface area contributed by atoms with E-state index in [1.165, 1.54) is 0 Å². The van der Waals surface area contributed by atoms with E-state index in [4.69, 9.17) is 0 Å². The molecule has 18 heavy (non-hydrogen) atoms. The standard InChI is InChI=1S/C14H13N3O/c1-15-14-9-11(10-18)7-8-13(14)17-16-12-5-3-2-4-6-12/h2-10,15H,1H3. The van der Waals surface area contributed by atoms with E-state index < -0.39 is 0 Å². The molecule has 0 saturated heterocycles. The van der Waals surface area contributed by atoms with Crippen molar-refractivity contribution in [1.29, 1.82) is 0 Å². The summed E-state index contributed by atoms with van der Waals surface area (Å²) in [6, 6.07) is 14.7. The van der Waals surface area contributed by atoms with Gasteiger partial charge in [0.15, 0.2) is 0 Å². The smallest absolute Gasteiger partial charge is 0.150 e. The molecule has 0 spiro atoms. The molecule has 0 saturated carbocycles. The van der Waals surface area contributed by atoms with Gasteiger partial charge in [-0.3, -0.25) is 4.79 Å². The third kappa shape index (κ3) is 2.79. The van der Waals surface area contributed by atoms with Crippen molar-refractivity contribution < 1.29 is 4.79 Å². The topological polar surface area (TPSA) is 53.8 Å². The molecule has 0 atom stereocenters. The van der Waals surface area contributed by atoms with Gasteiger partial charge in [-0.15, -0.1) is 5.11 Å². The number of azo groups is 1. The molecule has 90 valence electrons. The van der Waals surface area contributed by atoms with E-state index in [2.05, 4.69) is 15.5 Å². The van der Waals surface area contributed by atoms with Crippen molar-refractivity contribution in [3.63, 3.8) is 0 Å². The summed E-state index contributed by atoms with van der Waals surface area (Å²) in [6.07, 6.45) is 0.805. The fourth-order valence-electron chi connectivity index (χ4n) is 1.52. The van der Waals surface area contributed by atoms with Crippen LogP contribution in [0.4, 0.5) is 17.1 Å². The van der Waals surface area contributed by atoms with Crippen molar-refractivity contribution >= 4 is 23.3 Å². The van der Waals surface area contributed by atoms with Gasteiger partial charge < -0.3 is 5.32 Å². The summed E-state index contributed by atoms with van der Waals surface area (Å²) in [7, 11) is 1.78. The average Bonchev–Trinajstić information content (AvgIpc) is 2.46. The van der Waals surface area contributed by atoms with Crippen molar-refractivity contribution in [3.05, 3.63) is 54.1 Å². The van der Waals surface area contributed by atoms with Gasteiger partial charge in [0.05, 0.1) is 11.4 Å². The number of hydrogen-bond acceptors (Lipinski definition) is 4. The first kappa shape index (κ1) is 12.0. The zero-order chi connectivity index (χ0) is 12.8. The molecule has 0 aliphatic rings. The molecule has 0 bridgehead atoms. The van der Waals surface area contributed by atoms with Crippen molar-refractivity contribution in [2.75, 3.05) is 12.4 Å². The Kier molecular flexibility index (Phi) is 3.81. The molecule has 2 rings (SSSR count). The van der Waals surface area contributed by atoms with Crippen LogP contribution in [0.3, 0.4) is 0 Å². The summed E-state index contributed by atoms with van der Waals surface area (Å²) in [6.45, 7) is 0. The lowest BCUT2D eigenvalue weighted by Crippen LogP contribution is -1.90. The van der Waals surface area contributed by atoms with Crippen molar-refractivity contribution in [1.82, 2.24) is 0 Å². The fourth-order valence-corrected chi connectivity index (χ4v) is 1.52. The molecule has 0 amide bonds. The highest BCUT2D eigenvalue weighted by Crippen LogP contribution is 2.27. The van der Waals surface area contributed by atoms with Crippen LogP contribution in [-0.4, -0.2) is 13.3 Å². The summed E-state index contributed by atoms with van der Waals surface area (Å²) in [5, 5.41) is 11.3. The SMILES string of the molecule is CNc1cc(C=O)ccc1N=Nc1ccccc1. The number of aldehydes is 1. The highest BCUT2D eigenvalue weighted by Gasteiger charge is 2.01. The Labute approximate surface area is 105 Å². The highest BCUT2D eigenvalue weighted by atomic mass is 16.1. The second kappa shape index (κ2) is 5.72. The lowest BCUT2D eigenvalue weighted by atomic mass is 10.2. The van der Waals surface area contributed by atoms with Crippen LogP contribution in [0.5, 0.6) is 0 Å². The molecule has 0 radical (unpaired) electrons. The normalized spacial score (nSPS) is 10.5. The Morgan fingerprint density at radius 2 is 1.83 bits per heavy atom. The van der Waals surface area contributed by atoms with Crippen molar-refractivity contribution in [2.45, 2.75) is 0 Å². The number of nitrogens with one attached hydrogen (secondary N) is 1. The number of benzene rings is 2. The van der Waals surface area contributed by atoms with Gasteiger partial charge in [-0.05, 0) is 30.3 Å². The van der Waals surface area contributed by atoms with E-state index in [0.717, 1.165) is 17.7 Å². The Morgan fingerprint density at radius 1 is 1.06 bits per heavy atom. The number of nitrogens with zero attached hydrogens (tertiary/aromatic N) is 2. The van der Waals surface area contributed by atoms with Gasteiger partial charge in [0, 0.05) is 12.6 Å². The van der Waals surface area contributed by atoms with Crippen LogP contribution in [-0.2, 0) is 0 Å². The van der Waals surface area contributed by atoms with Crippen molar-refractivity contribution in [2.24, 2.45) is 10.2 Å². The summed E-state index contributed by atoms with van der Waals surface area (Å²) >= 11 is 0. The van der Waals surface area contributed by atoms with Crippen molar-refractivity contribution in [3.8, 4) is 0 Å². The lowest BCUT2D eigenvalue weighted by Gasteiger charge is -2.04. The maximum Gasteiger partial charge on any atom is 0.150 e. The molecule has 2 aromatic rings. The minimum atomic E-state index is 0.609. The number of rotatable bonds is 4. The van der Waals surface area contributed by atoms with E-state index in [9.17, 15) is 4.79 Å². The fraction of sp³-hybridized carbons (Fsp3) is 0.0714. The van der Waals surface area contributed by atoms with Crippen LogP contribution in [0.1, 0.15) is 10.4 Å². The molecule has 0 aliphatic heterocycles. The van der Waals surface area contributed by atoms with E-state index in [1.54, 1.807) is 25.2 Å². The first-order valence-electron chi connectivity index (χ1n) is 5.57. The van der Waals surface area contributed by atoms with Crippen LogP contribution >= 0.6 is 0 Å². The van der Waals surface area contributed by atoms with Crippen LogP contribution in [0.25, 0.3) is 0 Å². The first-order valence-corrected chi connectivity index (χ1v) is 5.57. The number of hydrogen-bond donors (Lipinski definition) is 1.